The maximum atomic E-state index is 12.7. The molecule has 21 heavy (non-hydrogen) atoms. The molecule has 2 rings (SSSR count). The normalized spacial score (nSPS) is 22.2. The molecule has 1 aromatic heterocycles. The Bertz CT molecular complexity index is 554. The van der Waals surface area contributed by atoms with Gasteiger partial charge in [0.1, 0.15) is 11.3 Å². The fourth-order valence-corrected chi connectivity index (χ4v) is 2.54. The molecule has 0 saturated carbocycles. The van der Waals surface area contributed by atoms with Crippen molar-refractivity contribution >= 4 is 11.8 Å². The maximum absolute atomic E-state index is 12.7. The van der Waals surface area contributed by atoms with Gasteiger partial charge in [0.05, 0.1) is 18.8 Å². The van der Waals surface area contributed by atoms with Crippen LogP contribution in [0.2, 0.25) is 0 Å². The second kappa shape index (κ2) is 5.85. The Kier molecular flexibility index (Phi) is 4.32. The molecule has 0 aliphatic carbocycles. The number of rotatable bonds is 3. The van der Waals surface area contributed by atoms with Gasteiger partial charge in [-0.2, -0.15) is 0 Å². The van der Waals surface area contributed by atoms with Crippen LogP contribution in [0.3, 0.4) is 0 Å². The molecular weight excluding hydrogens is 274 g/mol. The second-order valence-electron chi connectivity index (χ2n) is 5.30. The third-order valence-corrected chi connectivity index (χ3v) is 3.75. The first kappa shape index (κ1) is 15.5. The fourth-order valence-electron chi connectivity index (χ4n) is 2.54. The summed E-state index contributed by atoms with van der Waals surface area (Å²) in [7, 11) is 1.55. The number of carbonyl (C=O) groups is 2. The van der Waals surface area contributed by atoms with Crippen LogP contribution in [0.5, 0.6) is 0 Å². The number of likely N-dealkylation sites (N-methyl/N-ethyl adjacent to an activating group) is 1. The smallest absolute Gasteiger partial charge is 0.259 e. The third-order valence-electron chi connectivity index (χ3n) is 3.75. The summed E-state index contributed by atoms with van der Waals surface area (Å²) in [5.41, 5.74) is 0.115. The van der Waals surface area contributed by atoms with Gasteiger partial charge in [-0.25, -0.2) is 0 Å². The predicted octanol–water partition coefficient (Wildman–Crippen LogP) is 0.523. The summed E-state index contributed by atoms with van der Waals surface area (Å²) in [6.07, 6.45) is 0.621. The summed E-state index contributed by atoms with van der Waals surface area (Å²) in [6, 6.07) is 0. The Hall–Kier alpha value is -1.89. The quantitative estimate of drug-likeness (QED) is 0.879. The van der Waals surface area contributed by atoms with E-state index in [4.69, 9.17) is 9.26 Å². The van der Waals surface area contributed by atoms with Gasteiger partial charge in [0.25, 0.3) is 11.8 Å². The average Bonchev–Trinajstić information content (AvgIpc) is 2.86. The standard InChI is InChI=1S/C14H21N3O4/c1-5-10-11(9(2)21-16-10)12(18)17-6-7-20-14(3,8-17)13(19)15-4/h5-8H2,1-4H3,(H,15,19)/t14-/m0/s1. The third kappa shape index (κ3) is 2.78. The number of carbonyl (C=O) groups excluding carboxylic acids is 2. The van der Waals surface area contributed by atoms with Crippen LogP contribution < -0.4 is 5.32 Å². The number of hydrogen-bond acceptors (Lipinski definition) is 5. The minimum Gasteiger partial charge on any atom is -0.362 e. The van der Waals surface area contributed by atoms with Crippen molar-refractivity contribution in [3.05, 3.63) is 17.0 Å². The van der Waals surface area contributed by atoms with Crippen molar-refractivity contribution in [3.63, 3.8) is 0 Å². The highest BCUT2D eigenvalue weighted by atomic mass is 16.5. The number of aromatic nitrogens is 1. The van der Waals surface area contributed by atoms with E-state index in [-0.39, 0.29) is 18.4 Å². The summed E-state index contributed by atoms with van der Waals surface area (Å²) in [4.78, 5) is 26.2. The van der Waals surface area contributed by atoms with Crippen molar-refractivity contribution in [2.45, 2.75) is 32.8 Å². The number of nitrogens with one attached hydrogen (secondary N) is 1. The molecule has 1 N–H and O–H groups in total. The van der Waals surface area contributed by atoms with Crippen molar-refractivity contribution < 1.29 is 18.8 Å². The molecule has 0 aromatic carbocycles. The molecule has 1 aliphatic heterocycles. The number of nitrogens with zero attached hydrogens (tertiary/aromatic N) is 2. The van der Waals surface area contributed by atoms with Crippen LogP contribution in [0.4, 0.5) is 0 Å². The monoisotopic (exact) mass is 295 g/mol. The van der Waals surface area contributed by atoms with Crippen molar-refractivity contribution in [1.29, 1.82) is 0 Å². The maximum Gasteiger partial charge on any atom is 0.259 e. The van der Waals surface area contributed by atoms with Crippen molar-refractivity contribution in [3.8, 4) is 0 Å². The van der Waals surface area contributed by atoms with Crippen molar-refractivity contribution in [1.82, 2.24) is 15.4 Å². The molecule has 0 spiro atoms. The number of amides is 2. The first-order valence-corrected chi connectivity index (χ1v) is 7.03. The zero-order valence-corrected chi connectivity index (χ0v) is 12.9. The Morgan fingerprint density at radius 1 is 1.48 bits per heavy atom. The molecule has 1 aliphatic rings. The lowest BCUT2D eigenvalue weighted by molar-refractivity contribution is -0.153. The molecule has 1 aromatic rings. The molecular formula is C14H21N3O4. The Balaban J connectivity index is 2.23. The second-order valence-corrected chi connectivity index (χ2v) is 5.30. The minimum absolute atomic E-state index is 0.163. The van der Waals surface area contributed by atoms with Gasteiger partial charge >= 0.3 is 0 Å². The highest BCUT2D eigenvalue weighted by Gasteiger charge is 2.41. The minimum atomic E-state index is -1.03. The summed E-state index contributed by atoms with van der Waals surface area (Å²) in [5, 5.41) is 6.48. The molecule has 1 atom stereocenters. The molecule has 7 nitrogen and oxygen atoms in total. The highest BCUT2D eigenvalue weighted by molar-refractivity contribution is 5.97. The predicted molar refractivity (Wildman–Crippen MR) is 74.9 cm³/mol. The van der Waals surface area contributed by atoms with Crippen molar-refractivity contribution in [2.75, 3.05) is 26.7 Å². The first-order chi connectivity index (χ1) is 9.92. The lowest BCUT2D eigenvalue weighted by Gasteiger charge is -2.39. The van der Waals surface area contributed by atoms with Gasteiger partial charge in [0, 0.05) is 13.6 Å². The Morgan fingerprint density at radius 3 is 2.81 bits per heavy atom. The van der Waals surface area contributed by atoms with Crippen LogP contribution in [0.15, 0.2) is 4.52 Å². The van der Waals surface area contributed by atoms with Crippen LogP contribution in [0.25, 0.3) is 0 Å². The molecule has 7 heteroatoms. The van der Waals surface area contributed by atoms with Crippen LogP contribution in [-0.2, 0) is 16.0 Å². The molecule has 2 amide bonds. The van der Waals surface area contributed by atoms with E-state index in [0.717, 1.165) is 0 Å². The molecule has 1 saturated heterocycles. The van der Waals surface area contributed by atoms with Crippen LogP contribution >= 0.6 is 0 Å². The van der Waals surface area contributed by atoms with Gasteiger partial charge in [0.15, 0.2) is 5.60 Å². The van der Waals surface area contributed by atoms with E-state index in [2.05, 4.69) is 10.5 Å². The first-order valence-electron chi connectivity index (χ1n) is 7.03. The topological polar surface area (TPSA) is 84.7 Å². The highest BCUT2D eigenvalue weighted by Crippen LogP contribution is 2.22. The molecule has 0 radical (unpaired) electrons. The van der Waals surface area contributed by atoms with E-state index in [1.54, 1.807) is 25.8 Å². The van der Waals surface area contributed by atoms with E-state index in [9.17, 15) is 9.59 Å². The number of ether oxygens (including phenoxy) is 1. The summed E-state index contributed by atoms with van der Waals surface area (Å²) < 4.78 is 10.7. The number of hydrogen-bond donors (Lipinski definition) is 1. The fraction of sp³-hybridized carbons (Fsp3) is 0.643. The van der Waals surface area contributed by atoms with Gasteiger partial charge in [-0.15, -0.1) is 0 Å². The van der Waals surface area contributed by atoms with E-state index in [0.29, 0.717) is 36.6 Å². The zero-order chi connectivity index (χ0) is 15.6. The van der Waals surface area contributed by atoms with Gasteiger partial charge in [-0.1, -0.05) is 12.1 Å². The lowest BCUT2D eigenvalue weighted by Crippen LogP contribution is -2.58. The van der Waals surface area contributed by atoms with E-state index < -0.39 is 5.60 Å². The van der Waals surface area contributed by atoms with Gasteiger partial charge in [-0.3, -0.25) is 9.59 Å². The summed E-state index contributed by atoms with van der Waals surface area (Å²) in [5.74, 6) is 0.103. The van der Waals surface area contributed by atoms with E-state index >= 15 is 0 Å². The Morgan fingerprint density at radius 2 is 2.19 bits per heavy atom. The molecule has 1 fully saturated rings. The van der Waals surface area contributed by atoms with E-state index in [1.165, 1.54) is 0 Å². The van der Waals surface area contributed by atoms with Crippen LogP contribution in [-0.4, -0.2) is 54.2 Å². The van der Waals surface area contributed by atoms with Crippen molar-refractivity contribution in [2.24, 2.45) is 0 Å². The largest absolute Gasteiger partial charge is 0.362 e. The molecule has 2 heterocycles. The van der Waals surface area contributed by atoms with Gasteiger partial charge < -0.3 is 19.5 Å². The van der Waals surface area contributed by atoms with E-state index in [1.807, 2.05) is 6.92 Å². The summed E-state index contributed by atoms with van der Waals surface area (Å²) in [6.45, 7) is 6.30. The molecule has 0 unspecified atom stereocenters. The van der Waals surface area contributed by atoms with Crippen LogP contribution in [0, 0.1) is 6.92 Å². The molecule has 116 valence electrons. The van der Waals surface area contributed by atoms with Gasteiger partial charge in [-0.05, 0) is 20.3 Å². The lowest BCUT2D eigenvalue weighted by atomic mass is 10.0. The Labute approximate surface area is 123 Å². The van der Waals surface area contributed by atoms with Crippen LogP contribution in [0.1, 0.15) is 35.7 Å². The summed E-state index contributed by atoms with van der Waals surface area (Å²) >= 11 is 0. The van der Waals surface area contributed by atoms with Gasteiger partial charge in [0.2, 0.25) is 0 Å². The average molecular weight is 295 g/mol. The number of morpholine rings is 1. The molecule has 0 bridgehead atoms. The zero-order valence-electron chi connectivity index (χ0n) is 12.9. The SMILES string of the molecule is CCc1noc(C)c1C(=O)N1CCO[C@](C)(C(=O)NC)C1. The number of aryl methyl sites for hydroxylation is 2.